The number of hydrogen-bond acceptors (Lipinski definition) is 5. The maximum Gasteiger partial charge on any atom is 0.279 e. The molecule has 21 heavy (non-hydrogen) atoms. The number of aryl methyl sites for hydroxylation is 2. The molecule has 1 fully saturated rings. The molecule has 0 unspecified atom stereocenters. The highest BCUT2D eigenvalue weighted by Gasteiger charge is 2.27. The zero-order valence-corrected chi connectivity index (χ0v) is 13.7. The Morgan fingerprint density at radius 1 is 1.33 bits per heavy atom. The van der Waals surface area contributed by atoms with E-state index in [2.05, 4.69) is 15.0 Å². The zero-order chi connectivity index (χ0) is 15.5. The van der Waals surface area contributed by atoms with E-state index < -0.39 is 10.2 Å². The third-order valence-corrected chi connectivity index (χ3v) is 5.44. The van der Waals surface area contributed by atoms with Crippen LogP contribution >= 0.6 is 0 Å². The van der Waals surface area contributed by atoms with Crippen molar-refractivity contribution in [3.05, 3.63) is 17.3 Å². The third kappa shape index (κ3) is 4.26. The van der Waals surface area contributed by atoms with Gasteiger partial charge in [0.15, 0.2) is 0 Å². The molecule has 0 aliphatic carbocycles. The summed E-state index contributed by atoms with van der Waals surface area (Å²) >= 11 is 0. The van der Waals surface area contributed by atoms with E-state index in [0.29, 0.717) is 24.9 Å². The van der Waals surface area contributed by atoms with Crippen molar-refractivity contribution in [1.29, 1.82) is 0 Å². The van der Waals surface area contributed by atoms with E-state index in [1.807, 2.05) is 20.9 Å². The van der Waals surface area contributed by atoms with E-state index in [4.69, 9.17) is 4.42 Å². The summed E-state index contributed by atoms with van der Waals surface area (Å²) < 4.78 is 33.9. The summed E-state index contributed by atoms with van der Waals surface area (Å²) in [5, 5.41) is 3.14. The highest BCUT2D eigenvalue weighted by molar-refractivity contribution is 7.87. The minimum atomic E-state index is -3.46. The largest absolute Gasteiger partial charge is 0.444 e. The molecule has 1 aliphatic heterocycles. The van der Waals surface area contributed by atoms with Gasteiger partial charge in [-0.25, -0.2) is 4.98 Å². The molecule has 2 N–H and O–H groups in total. The van der Waals surface area contributed by atoms with Gasteiger partial charge in [0.2, 0.25) is 5.89 Å². The van der Waals surface area contributed by atoms with Crippen LogP contribution in [0.15, 0.2) is 4.42 Å². The summed E-state index contributed by atoms with van der Waals surface area (Å²) in [5.74, 6) is 1.68. The van der Waals surface area contributed by atoms with Gasteiger partial charge in [0.1, 0.15) is 5.76 Å². The van der Waals surface area contributed by atoms with Crippen LogP contribution < -0.4 is 10.0 Å². The van der Waals surface area contributed by atoms with Crippen molar-refractivity contribution < 1.29 is 12.8 Å². The number of rotatable bonds is 6. The molecule has 0 atom stereocenters. The SMILES string of the molecule is CNCC1CCN(S(=O)(=O)NCc2nc(C)c(C)o2)CC1. The molecule has 7 nitrogen and oxygen atoms in total. The van der Waals surface area contributed by atoms with Gasteiger partial charge in [-0.05, 0) is 46.2 Å². The molecule has 1 saturated heterocycles. The van der Waals surface area contributed by atoms with E-state index in [9.17, 15) is 8.42 Å². The maximum absolute atomic E-state index is 12.2. The lowest BCUT2D eigenvalue weighted by Gasteiger charge is -2.30. The Bertz CT molecular complexity index is 542. The van der Waals surface area contributed by atoms with E-state index >= 15 is 0 Å². The Kier molecular flexibility index (Phi) is 5.37. The normalized spacial score (nSPS) is 18.2. The number of oxazole rings is 1. The van der Waals surface area contributed by atoms with Crippen LogP contribution in [0.3, 0.4) is 0 Å². The molecule has 0 bridgehead atoms. The highest BCUT2D eigenvalue weighted by Crippen LogP contribution is 2.18. The van der Waals surface area contributed by atoms with Crippen molar-refractivity contribution in [2.24, 2.45) is 5.92 Å². The topological polar surface area (TPSA) is 87.5 Å². The second-order valence-electron chi connectivity index (χ2n) is 5.48. The average molecular weight is 316 g/mol. The molecule has 1 aliphatic rings. The standard InChI is InChI=1S/C13H24N4O3S/c1-10-11(2)20-13(16-10)9-15-21(18,19)17-6-4-12(5-7-17)8-14-3/h12,14-15H,4-9H2,1-3H3. The Morgan fingerprint density at radius 3 is 2.52 bits per heavy atom. The molecule has 0 saturated carbocycles. The first-order valence-corrected chi connectivity index (χ1v) is 8.68. The molecule has 0 amide bonds. The first kappa shape index (κ1) is 16.4. The summed E-state index contributed by atoms with van der Waals surface area (Å²) in [6.45, 7) is 5.80. The van der Waals surface area contributed by atoms with Crippen LogP contribution in [0.25, 0.3) is 0 Å². The lowest BCUT2D eigenvalue weighted by atomic mass is 9.98. The van der Waals surface area contributed by atoms with Crippen molar-refractivity contribution >= 4 is 10.2 Å². The number of nitrogens with one attached hydrogen (secondary N) is 2. The van der Waals surface area contributed by atoms with E-state index in [1.54, 1.807) is 0 Å². The summed E-state index contributed by atoms with van der Waals surface area (Å²) in [6, 6.07) is 0. The minimum Gasteiger partial charge on any atom is -0.444 e. The van der Waals surface area contributed by atoms with Crippen LogP contribution in [0.4, 0.5) is 0 Å². The predicted molar refractivity (Wildman–Crippen MR) is 80.0 cm³/mol. The fourth-order valence-electron chi connectivity index (χ4n) is 2.50. The van der Waals surface area contributed by atoms with Crippen molar-refractivity contribution in [3.8, 4) is 0 Å². The lowest BCUT2D eigenvalue weighted by molar-refractivity contribution is 0.267. The van der Waals surface area contributed by atoms with Gasteiger partial charge in [0, 0.05) is 13.1 Å². The van der Waals surface area contributed by atoms with E-state index in [-0.39, 0.29) is 6.54 Å². The van der Waals surface area contributed by atoms with Crippen molar-refractivity contribution in [1.82, 2.24) is 19.3 Å². The molecule has 8 heteroatoms. The molecule has 0 spiro atoms. The third-order valence-electron chi connectivity index (χ3n) is 3.88. The monoisotopic (exact) mass is 316 g/mol. The van der Waals surface area contributed by atoms with Gasteiger partial charge in [-0.1, -0.05) is 0 Å². The van der Waals surface area contributed by atoms with Crippen LogP contribution in [0, 0.1) is 19.8 Å². The first-order chi connectivity index (χ1) is 9.92. The van der Waals surface area contributed by atoms with Gasteiger partial charge in [-0.15, -0.1) is 0 Å². The average Bonchev–Trinajstić information content (AvgIpc) is 2.77. The highest BCUT2D eigenvalue weighted by atomic mass is 32.2. The van der Waals surface area contributed by atoms with E-state index in [0.717, 1.165) is 30.8 Å². The number of nitrogens with zero attached hydrogens (tertiary/aromatic N) is 2. The second kappa shape index (κ2) is 6.87. The Hall–Kier alpha value is -0.960. The molecule has 1 aromatic rings. The van der Waals surface area contributed by atoms with Crippen molar-refractivity contribution in [3.63, 3.8) is 0 Å². The van der Waals surface area contributed by atoms with Crippen LogP contribution in [-0.2, 0) is 16.8 Å². The number of piperidine rings is 1. The zero-order valence-electron chi connectivity index (χ0n) is 12.8. The molecule has 120 valence electrons. The Labute approximate surface area is 126 Å². The molecule has 1 aromatic heterocycles. The summed E-state index contributed by atoms with van der Waals surface area (Å²) in [5.41, 5.74) is 0.789. The van der Waals surface area contributed by atoms with Crippen LogP contribution in [0.5, 0.6) is 0 Å². The van der Waals surface area contributed by atoms with Gasteiger partial charge in [0.25, 0.3) is 10.2 Å². The second-order valence-corrected chi connectivity index (χ2v) is 7.23. The Balaban J connectivity index is 1.87. The maximum atomic E-state index is 12.2. The van der Waals surface area contributed by atoms with Crippen molar-refractivity contribution in [2.45, 2.75) is 33.2 Å². The number of hydrogen-bond donors (Lipinski definition) is 2. The summed E-state index contributed by atoms with van der Waals surface area (Å²) in [7, 11) is -1.54. The fraction of sp³-hybridized carbons (Fsp3) is 0.769. The van der Waals surface area contributed by atoms with Gasteiger partial charge in [0.05, 0.1) is 12.2 Å². The van der Waals surface area contributed by atoms with Crippen LogP contribution in [0.2, 0.25) is 0 Å². The molecule has 2 heterocycles. The molecular weight excluding hydrogens is 292 g/mol. The summed E-state index contributed by atoms with van der Waals surface area (Å²) in [6.07, 6.45) is 1.78. The minimum absolute atomic E-state index is 0.0907. The molecule has 0 radical (unpaired) electrons. The van der Waals surface area contributed by atoms with Crippen LogP contribution in [-0.4, -0.2) is 44.4 Å². The lowest BCUT2D eigenvalue weighted by Crippen LogP contribution is -2.45. The van der Waals surface area contributed by atoms with Gasteiger partial charge < -0.3 is 9.73 Å². The Morgan fingerprint density at radius 2 is 2.00 bits per heavy atom. The van der Waals surface area contributed by atoms with Crippen molar-refractivity contribution in [2.75, 3.05) is 26.7 Å². The fourth-order valence-corrected chi connectivity index (χ4v) is 3.68. The molecule has 0 aromatic carbocycles. The first-order valence-electron chi connectivity index (χ1n) is 7.24. The van der Waals surface area contributed by atoms with Gasteiger partial charge in [-0.3, -0.25) is 0 Å². The van der Waals surface area contributed by atoms with Gasteiger partial charge in [-0.2, -0.15) is 17.4 Å². The number of aromatic nitrogens is 1. The smallest absolute Gasteiger partial charge is 0.279 e. The van der Waals surface area contributed by atoms with Crippen LogP contribution in [0.1, 0.15) is 30.2 Å². The van der Waals surface area contributed by atoms with E-state index in [1.165, 1.54) is 4.31 Å². The van der Waals surface area contributed by atoms with Gasteiger partial charge >= 0.3 is 0 Å². The molecular formula is C13H24N4O3S. The predicted octanol–water partition coefficient (Wildman–Crippen LogP) is 0.557. The quantitative estimate of drug-likeness (QED) is 0.800. The summed E-state index contributed by atoms with van der Waals surface area (Å²) in [4.78, 5) is 4.17. The molecule has 2 rings (SSSR count).